The highest BCUT2D eigenvalue weighted by Gasteiger charge is 2.16. The summed E-state index contributed by atoms with van der Waals surface area (Å²) in [6.07, 6.45) is 20.8. The highest BCUT2D eigenvalue weighted by molar-refractivity contribution is 5.63. The van der Waals surface area contributed by atoms with E-state index >= 15 is 0 Å². The second kappa shape index (κ2) is 16.9. The largest absolute Gasteiger partial charge is 0.353 e. The average Bonchev–Trinajstić information content (AvgIpc) is 2.89. The highest BCUT2D eigenvalue weighted by Crippen LogP contribution is 2.23. The fourth-order valence-electron chi connectivity index (χ4n) is 5.10. The van der Waals surface area contributed by atoms with Crippen molar-refractivity contribution in [3.05, 3.63) is 59.7 Å². The van der Waals surface area contributed by atoms with Gasteiger partial charge in [0, 0.05) is 6.61 Å². The van der Waals surface area contributed by atoms with E-state index in [0.717, 1.165) is 25.9 Å². The molecule has 2 atom stereocenters. The van der Waals surface area contributed by atoms with Gasteiger partial charge in [-0.1, -0.05) is 107 Å². The molecule has 1 aliphatic rings. The Morgan fingerprint density at radius 1 is 0.714 bits per heavy atom. The van der Waals surface area contributed by atoms with Crippen LogP contribution < -0.4 is 0 Å². The van der Waals surface area contributed by atoms with Crippen LogP contribution in [0.5, 0.6) is 0 Å². The number of benzene rings is 2. The Morgan fingerprint density at radius 2 is 1.26 bits per heavy atom. The third kappa shape index (κ3) is 11.3. The lowest BCUT2D eigenvalue weighted by atomic mass is 9.98. The predicted octanol–water partition coefficient (Wildman–Crippen LogP) is 9.68. The Labute approximate surface area is 215 Å². The molecule has 2 unspecified atom stereocenters. The molecule has 0 amide bonds. The molecule has 0 aliphatic carbocycles. The lowest BCUT2D eigenvalue weighted by molar-refractivity contribution is -0.185. The summed E-state index contributed by atoms with van der Waals surface area (Å²) in [7, 11) is 0. The van der Waals surface area contributed by atoms with Crippen LogP contribution in [0.25, 0.3) is 11.1 Å². The molecule has 2 aromatic carbocycles. The first-order valence-corrected chi connectivity index (χ1v) is 14.7. The van der Waals surface area contributed by atoms with Gasteiger partial charge in [-0.2, -0.15) is 0 Å². The maximum absolute atomic E-state index is 6.04. The first-order valence-electron chi connectivity index (χ1n) is 14.7. The third-order valence-corrected chi connectivity index (χ3v) is 7.41. The Balaban J connectivity index is 1.29. The van der Waals surface area contributed by atoms with Crippen molar-refractivity contribution >= 4 is 0 Å². The first-order chi connectivity index (χ1) is 17.2. The van der Waals surface area contributed by atoms with Gasteiger partial charge >= 0.3 is 0 Å². The lowest BCUT2D eigenvalue weighted by Crippen LogP contribution is -2.26. The zero-order chi connectivity index (χ0) is 24.6. The molecular weight excluding hydrogens is 428 g/mol. The summed E-state index contributed by atoms with van der Waals surface area (Å²) in [6, 6.07) is 18.4. The van der Waals surface area contributed by atoms with E-state index < -0.39 is 0 Å². The number of hydrogen-bond donors (Lipinski definition) is 0. The molecule has 1 saturated heterocycles. The second-order valence-electron chi connectivity index (χ2n) is 10.6. The van der Waals surface area contributed by atoms with Crippen molar-refractivity contribution in [2.75, 3.05) is 6.61 Å². The van der Waals surface area contributed by atoms with Gasteiger partial charge in [0.25, 0.3) is 0 Å². The molecule has 3 rings (SSSR count). The van der Waals surface area contributed by atoms with E-state index in [1.165, 1.54) is 106 Å². The Kier molecular flexibility index (Phi) is 13.5. The van der Waals surface area contributed by atoms with E-state index in [2.05, 4.69) is 62.4 Å². The van der Waals surface area contributed by atoms with Gasteiger partial charge in [-0.05, 0) is 80.5 Å². The smallest absolute Gasteiger partial charge is 0.157 e. The van der Waals surface area contributed by atoms with Crippen LogP contribution in [0.2, 0.25) is 0 Å². The maximum atomic E-state index is 6.04. The van der Waals surface area contributed by atoms with Gasteiger partial charge in [-0.25, -0.2) is 0 Å². The minimum atomic E-state index is 0.0328. The molecule has 1 aliphatic heterocycles. The molecule has 0 spiro atoms. The van der Waals surface area contributed by atoms with E-state index in [9.17, 15) is 0 Å². The van der Waals surface area contributed by atoms with Crippen LogP contribution in [0, 0.1) is 0 Å². The van der Waals surface area contributed by atoms with E-state index in [4.69, 9.17) is 9.47 Å². The van der Waals surface area contributed by atoms with Crippen molar-refractivity contribution in [3.63, 3.8) is 0 Å². The van der Waals surface area contributed by atoms with Crippen LogP contribution in [0.4, 0.5) is 0 Å². The van der Waals surface area contributed by atoms with Crippen LogP contribution in [0.15, 0.2) is 48.5 Å². The molecule has 0 saturated carbocycles. The summed E-state index contributed by atoms with van der Waals surface area (Å²) in [4.78, 5) is 0. The van der Waals surface area contributed by atoms with Crippen molar-refractivity contribution in [3.8, 4) is 11.1 Å². The summed E-state index contributed by atoms with van der Waals surface area (Å²) in [5.41, 5.74) is 5.56. The van der Waals surface area contributed by atoms with Crippen molar-refractivity contribution < 1.29 is 9.47 Å². The van der Waals surface area contributed by atoms with Gasteiger partial charge in [-0.3, -0.25) is 0 Å². The predicted molar refractivity (Wildman–Crippen MR) is 150 cm³/mol. The molecule has 0 bridgehead atoms. The van der Waals surface area contributed by atoms with Crippen LogP contribution in [0.3, 0.4) is 0 Å². The third-order valence-electron chi connectivity index (χ3n) is 7.41. The number of aryl methyl sites for hydroxylation is 2. The Bertz CT molecular complexity index is 774. The fraction of sp³-hybridized carbons (Fsp3) is 0.636. The first kappa shape index (κ1) is 27.9. The van der Waals surface area contributed by atoms with Crippen LogP contribution in [-0.2, 0) is 22.3 Å². The number of hydrogen-bond acceptors (Lipinski definition) is 2. The van der Waals surface area contributed by atoms with E-state index in [0.29, 0.717) is 6.10 Å². The van der Waals surface area contributed by atoms with Crippen LogP contribution in [-0.4, -0.2) is 19.0 Å². The zero-order valence-electron chi connectivity index (χ0n) is 22.6. The quantitative estimate of drug-likeness (QED) is 0.211. The molecular formula is C33H50O2. The monoisotopic (exact) mass is 478 g/mol. The summed E-state index contributed by atoms with van der Waals surface area (Å²) in [5, 5.41) is 0. The summed E-state index contributed by atoms with van der Waals surface area (Å²) >= 11 is 0. The molecule has 194 valence electrons. The van der Waals surface area contributed by atoms with Gasteiger partial charge in [0.05, 0.1) is 6.10 Å². The SMILES string of the molecule is CCCCCCCCCCc1ccc(-c2ccc(CCCCC(C)OC3CCCCO3)cc2)cc1. The average molecular weight is 479 g/mol. The zero-order valence-corrected chi connectivity index (χ0v) is 22.6. The fourth-order valence-corrected chi connectivity index (χ4v) is 5.10. The number of unbranched alkanes of at least 4 members (excludes halogenated alkanes) is 8. The van der Waals surface area contributed by atoms with Gasteiger partial charge in [0.1, 0.15) is 0 Å². The number of rotatable bonds is 17. The molecule has 0 aromatic heterocycles. The van der Waals surface area contributed by atoms with Crippen molar-refractivity contribution in [1.82, 2.24) is 0 Å². The second-order valence-corrected chi connectivity index (χ2v) is 10.6. The normalized spacial score (nSPS) is 16.9. The van der Waals surface area contributed by atoms with Crippen LogP contribution in [0.1, 0.15) is 115 Å². The summed E-state index contributed by atoms with van der Waals surface area (Å²) in [5.74, 6) is 0. The topological polar surface area (TPSA) is 18.5 Å². The molecule has 35 heavy (non-hydrogen) atoms. The van der Waals surface area contributed by atoms with Crippen molar-refractivity contribution in [2.45, 2.75) is 129 Å². The Morgan fingerprint density at radius 3 is 1.80 bits per heavy atom. The molecule has 2 nitrogen and oxygen atoms in total. The van der Waals surface area contributed by atoms with Crippen molar-refractivity contribution in [2.24, 2.45) is 0 Å². The van der Waals surface area contributed by atoms with E-state index in [1.54, 1.807) is 0 Å². The van der Waals surface area contributed by atoms with Gasteiger partial charge < -0.3 is 9.47 Å². The molecule has 0 radical (unpaired) electrons. The van der Waals surface area contributed by atoms with Crippen molar-refractivity contribution in [1.29, 1.82) is 0 Å². The maximum Gasteiger partial charge on any atom is 0.157 e. The summed E-state index contributed by atoms with van der Waals surface area (Å²) < 4.78 is 11.7. The number of ether oxygens (including phenoxy) is 2. The summed E-state index contributed by atoms with van der Waals surface area (Å²) in [6.45, 7) is 5.33. The molecule has 0 N–H and O–H groups in total. The minimum Gasteiger partial charge on any atom is -0.353 e. The minimum absolute atomic E-state index is 0.0328. The van der Waals surface area contributed by atoms with Gasteiger partial charge in [0.2, 0.25) is 0 Å². The van der Waals surface area contributed by atoms with Gasteiger partial charge in [0.15, 0.2) is 6.29 Å². The molecule has 1 fully saturated rings. The van der Waals surface area contributed by atoms with E-state index in [-0.39, 0.29) is 6.29 Å². The Hall–Kier alpha value is -1.64. The van der Waals surface area contributed by atoms with Crippen LogP contribution >= 0.6 is 0 Å². The molecule has 2 heteroatoms. The molecule has 1 heterocycles. The molecule has 2 aromatic rings. The standard InChI is InChI=1S/C33H50O2/c1-3-4-5-6-7-8-9-10-16-29-19-23-31(24-20-29)32-25-21-30(22-26-32)17-12-11-15-28(2)35-33-18-13-14-27-34-33/h19-26,28,33H,3-18,27H2,1-2H3. The highest BCUT2D eigenvalue weighted by atomic mass is 16.7. The van der Waals surface area contributed by atoms with Gasteiger partial charge in [-0.15, -0.1) is 0 Å². The lowest BCUT2D eigenvalue weighted by Gasteiger charge is -2.26. The van der Waals surface area contributed by atoms with E-state index in [1.807, 2.05) is 0 Å².